The quantitative estimate of drug-likeness (QED) is 0.105. The van der Waals surface area contributed by atoms with Crippen LogP contribution in [0.4, 0.5) is 0 Å². The van der Waals surface area contributed by atoms with Crippen LogP contribution < -0.4 is 0 Å². The standard InChI is InChI=1S/C18H28N2O5/c19-15-24-14-10-6-2-4-8-12-18(23)25-17(22)11-7-3-1-5-9-13-20-16-21/h1-14H2. The van der Waals surface area contributed by atoms with Crippen LogP contribution in [0.25, 0.3) is 0 Å². The minimum atomic E-state index is -0.454. The van der Waals surface area contributed by atoms with E-state index in [2.05, 4.69) is 9.73 Å². The van der Waals surface area contributed by atoms with Crippen molar-refractivity contribution in [2.24, 2.45) is 4.99 Å². The number of unbranched alkanes of at least 4 members (excludes halogenated alkanes) is 8. The molecule has 0 aromatic carbocycles. The van der Waals surface area contributed by atoms with Crippen LogP contribution in [-0.4, -0.2) is 31.2 Å². The number of isocyanates is 1. The Kier molecular flexibility index (Phi) is 16.6. The fourth-order valence-corrected chi connectivity index (χ4v) is 2.28. The van der Waals surface area contributed by atoms with Gasteiger partial charge in [0.2, 0.25) is 6.08 Å². The number of nitrogens with zero attached hydrogens (tertiary/aromatic N) is 2. The normalized spacial score (nSPS) is 9.72. The van der Waals surface area contributed by atoms with Crippen molar-refractivity contribution in [3.05, 3.63) is 0 Å². The second kappa shape index (κ2) is 18.2. The molecule has 0 aliphatic rings. The summed E-state index contributed by atoms with van der Waals surface area (Å²) in [7, 11) is 0. The third-order valence-electron chi connectivity index (χ3n) is 3.63. The van der Waals surface area contributed by atoms with Crippen molar-refractivity contribution in [1.29, 1.82) is 5.26 Å². The van der Waals surface area contributed by atoms with Crippen LogP contribution in [0.1, 0.15) is 77.0 Å². The third-order valence-corrected chi connectivity index (χ3v) is 3.63. The molecule has 0 N–H and O–H groups in total. The number of aliphatic imine (C=N–C) groups is 1. The molecule has 0 saturated carbocycles. The summed E-state index contributed by atoms with van der Waals surface area (Å²) in [4.78, 5) is 36.4. The van der Waals surface area contributed by atoms with Crippen molar-refractivity contribution in [3.8, 4) is 6.26 Å². The molecule has 7 nitrogen and oxygen atoms in total. The molecule has 0 aromatic heterocycles. The number of hydrogen-bond acceptors (Lipinski definition) is 7. The molecule has 140 valence electrons. The first-order chi connectivity index (χ1) is 12.2. The molecule has 0 aromatic rings. The number of esters is 2. The Balaban J connectivity index is 3.40. The lowest BCUT2D eigenvalue weighted by molar-refractivity contribution is -0.159. The van der Waals surface area contributed by atoms with Gasteiger partial charge in [-0.25, -0.2) is 9.79 Å². The van der Waals surface area contributed by atoms with E-state index in [-0.39, 0.29) is 12.8 Å². The highest BCUT2D eigenvalue weighted by Gasteiger charge is 2.09. The van der Waals surface area contributed by atoms with Gasteiger partial charge in [-0.05, 0) is 25.7 Å². The van der Waals surface area contributed by atoms with Crippen molar-refractivity contribution < 1.29 is 23.9 Å². The fourth-order valence-electron chi connectivity index (χ4n) is 2.28. The van der Waals surface area contributed by atoms with Gasteiger partial charge in [-0.2, -0.15) is 5.26 Å². The Morgan fingerprint density at radius 2 is 1.32 bits per heavy atom. The summed E-state index contributed by atoms with van der Waals surface area (Å²) in [5.41, 5.74) is 0. The van der Waals surface area contributed by atoms with Gasteiger partial charge in [0, 0.05) is 12.8 Å². The van der Waals surface area contributed by atoms with Gasteiger partial charge in [-0.3, -0.25) is 9.59 Å². The molecular formula is C18H28N2O5. The lowest BCUT2D eigenvalue weighted by Gasteiger charge is -2.04. The summed E-state index contributed by atoms with van der Waals surface area (Å²) in [5, 5.41) is 8.19. The van der Waals surface area contributed by atoms with Crippen LogP contribution in [0.2, 0.25) is 0 Å². The van der Waals surface area contributed by atoms with Crippen LogP contribution in [0.3, 0.4) is 0 Å². The van der Waals surface area contributed by atoms with Gasteiger partial charge in [0.25, 0.3) is 6.26 Å². The Labute approximate surface area is 149 Å². The molecule has 0 rings (SSSR count). The summed E-state index contributed by atoms with van der Waals surface area (Å²) in [6.07, 6.45) is 12.4. The molecule has 0 spiro atoms. The maximum atomic E-state index is 11.5. The Bertz CT molecular complexity index is 453. The zero-order chi connectivity index (χ0) is 18.6. The summed E-state index contributed by atoms with van der Waals surface area (Å²) in [6, 6.07) is 0. The van der Waals surface area contributed by atoms with E-state index in [1.807, 2.05) is 0 Å². The highest BCUT2D eigenvalue weighted by Crippen LogP contribution is 2.09. The topological polar surface area (TPSA) is 106 Å². The fraction of sp³-hybridized carbons (Fsp3) is 0.778. The average Bonchev–Trinajstić information content (AvgIpc) is 2.59. The predicted molar refractivity (Wildman–Crippen MR) is 91.1 cm³/mol. The van der Waals surface area contributed by atoms with Gasteiger partial charge >= 0.3 is 11.9 Å². The number of carbonyl (C=O) groups excluding carboxylic acids is 3. The summed E-state index contributed by atoms with van der Waals surface area (Å²) in [6.45, 7) is 0.952. The predicted octanol–water partition coefficient (Wildman–Crippen LogP) is 3.57. The van der Waals surface area contributed by atoms with E-state index in [0.29, 0.717) is 26.0 Å². The van der Waals surface area contributed by atoms with Crippen LogP contribution in [0, 0.1) is 11.5 Å². The van der Waals surface area contributed by atoms with Crippen LogP contribution in [-0.2, 0) is 23.9 Å². The van der Waals surface area contributed by atoms with Crippen LogP contribution in [0.15, 0.2) is 4.99 Å². The summed E-state index contributed by atoms with van der Waals surface area (Å²) < 4.78 is 9.35. The van der Waals surface area contributed by atoms with E-state index in [1.54, 1.807) is 6.26 Å². The van der Waals surface area contributed by atoms with E-state index in [1.165, 1.54) is 6.08 Å². The number of carbonyl (C=O) groups is 2. The monoisotopic (exact) mass is 352 g/mol. The first-order valence-electron chi connectivity index (χ1n) is 8.98. The second-order valence-electron chi connectivity index (χ2n) is 5.79. The molecule has 0 radical (unpaired) electrons. The van der Waals surface area contributed by atoms with Crippen LogP contribution >= 0.6 is 0 Å². The minimum Gasteiger partial charge on any atom is -0.428 e. The number of hydrogen-bond donors (Lipinski definition) is 0. The minimum absolute atomic E-state index is 0.261. The largest absolute Gasteiger partial charge is 0.428 e. The van der Waals surface area contributed by atoms with E-state index in [4.69, 9.17) is 10.00 Å². The Morgan fingerprint density at radius 1 is 0.800 bits per heavy atom. The molecule has 0 unspecified atom stereocenters. The molecule has 0 aliphatic heterocycles. The summed E-state index contributed by atoms with van der Waals surface area (Å²) in [5.74, 6) is -0.909. The molecular weight excluding hydrogens is 324 g/mol. The van der Waals surface area contributed by atoms with Gasteiger partial charge in [0.05, 0.1) is 6.54 Å². The second-order valence-corrected chi connectivity index (χ2v) is 5.79. The molecule has 25 heavy (non-hydrogen) atoms. The zero-order valence-corrected chi connectivity index (χ0v) is 14.8. The highest BCUT2D eigenvalue weighted by molar-refractivity contribution is 5.85. The van der Waals surface area contributed by atoms with Gasteiger partial charge in [-0.15, -0.1) is 0 Å². The molecule has 0 heterocycles. The van der Waals surface area contributed by atoms with E-state index >= 15 is 0 Å². The maximum absolute atomic E-state index is 11.5. The molecule has 0 bridgehead atoms. The van der Waals surface area contributed by atoms with Gasteiger partial charge < -0.3 is 9.47 Å². The Morgan fingerprint density at radius 3 is 1.88 bits per heavy atom. The van der Waals surface area contributed by atoms with Gasteiger partial charge in [0.15, 0.2) is 0 Å². The molecule has 0 atom stereocenters. The lowest BCUT2D eigenvalue weighted by atomic mass is 10.1. The van der Waals surface area contributed by atoms with Gasteiger partial charge in [0.1, 0.15) is 6.61 Å². The molecule has 7 heteroatoms. The van der Waals surface area contributed by atoms with E-state index in [0.717, 1.165) is 51.4 Å². The third kappa shape index (κ3) is 18.0. The zero-order valence-electron chi connectivity index (χ0n) is 14.8. The molecule has 0 saturated heterocycles. The first-order valence-corrected chi connectivity index (χ1v) is 8.98. The van der Waals surface area contributed by atoms with Crippen molar-refractivity contribution in [2.45, 2.75) is 77.0 Å². The van der Waals surface area contributed by atoms with Crippen molar-refractivity contribution in [2.75, 3.05) is 13.2 Å². The number of rotatable bonds is 16. The Hall–Kier alpha value is -2.19. The van der Waals surface area contributed by atoms with Crippen molar-refractivity contribution in [3.63, 3.8) is 0 Å². The van der Waals surface area contributed by atoms with E-state index in [9.17, 15) is 14.4 Å². The smallest absolute Gasteiger partial charge is 0.313 e. The first kappa shape index (κ1) is 22.8. The van der Waals surface area contributed by atoms with Crippen molar-refractivity contribution in [1.82, 2.24) is 0 Å². The van der Waals surface area contributed by atoms with Crippen LogP contribution in [0.5, 0.6) is 0 Å². The number of ether oxygens (including phenoxy) is 2. The summed E-state index contributed by atoms with van der Waals surface area (Å²) >= 11 is 0. The maximum Gasteiger partial charge on any atom is 0.313 e. The SMILES string of the molecule is N#COCCCCCCCC(=O)OC(=O)CCCCCCCN=C=O. The molecule has 0 fully saturated rings. The molecule has 0 amide bonds. The van der Waals surface area contributed by atoms with E-state index < -0.39 is 11.9 Å². The average molecular weight is 352 g/mol. The lowest BCUT2D eigenvalue weighted by Crippen LogP contribution is -2.11. The number of nitriles is 1. The van der Waals surface area contributed by atoms with Gasteiger partial charge in [-0.1, -0.05) is 38.5 Å². The molecule has 0 aliphatic carbocycles. The van der Waals surface area contributed by atoms with Crippen molar-refractivity contribution >= 4 is 18.0 Å². The highest BCUT2D eigenvalue weighted by atomic mass is 16.6.